The first-order valence-corrected chi connectivity index (χ1v) is 8.18. The van der Waals surface area contributed by atoms with Crippen LogP contribution in [0.2, 0.25) is 5.02 Å². The Bertz CT molecular complexity index is 797. The van der Waals surface area contributed by atoms with E-state index in [1.165, 1.54) is 23.0 Å². The molecule has 1 amide bonds. The second kappa shape index (κ2) is 7.13. The van der Waals surface area contributed by atoms with Gasteiger partial charge in [-0.1, -0.05) is 17.7 Å². The monoisotopic (exact) mass is 349 g/mol. The lowest BCUT2D eigenvalue weighted by Gasteiger charge is -2.09. The van der Waals surface area contributed by atoms with Crippen LogP contribution in [0.15, 0.2) is 35.4 Å². The van der Waals surface area contributed by atoms with Gasteiger partial charge in [0.1, 0.15) is 5.82 Å². The summed E-state index contributed by atoms with van der Waals surface area (Å²) < 4.78 is 15.1. The lowest BCUT2D eigenvalue weighted by molar-refractivity contribution is -0.120. The zero-order chi connectivity index (χ0) is 17.1. The highest BCUT2D eigenvalue weighted by Gasteiger charge is 2.25. The standard InChI is InChI=1S/C17H17ClFN3O2/c18-13-2-1-3-14(19)12(13)8-16(23)20-6-7-22-10-21-15(9-17(22)24)11-4-5-11/h1-3,9-11H,4-8H2,(H,20,23). The van der Waals surface area contributed by atoms with Crippen LogP contribution in [0.4, 0.5) is 4.39 Å². The number of hydrogen-bond acceptors (Lipinski definition) is 3. The average Bonchev–Trinajstić information content (AvgIpc) is 3.37. The van der Waals surface area contributed by atoms with Crippen molar-refractivity contribution in [1.82, 2.24) is 14.9 Å². The van der Waals surface area contributed by atoms with E-state index < -0.39 is 5.82 Å². The first-order chi connectivity index (χ1) is 11.5. The number of amides is 1. The van der Waals surface area contributed by atoms with Crippen molar-refractivity contribution >= 4 is 17.5 Å². The molecule has 1 heterocycles. The summed E-state index contributed by atoms with van der Waals surface area (Å²) in [6, 6.07) is 5.85. The van der Waals surface area contributed by atoms with Crippen molar-refractivity contribution in [2.75, 3.05) is 6.54 Å². The lowest BCUT2D eigenvalue weighted by Crippen LogP contribution is -2.32. The molecule has 0 spiro atoms. The van der Waals surface area contributed by atoms with Crippen molar-refractivity contribution < 1.29 is 9.18 Å². The molecule has 7 heteroatoms. The van der Waals surface area contributed by atoms with Crippen molar-refractivity contribution in [3.8, 4) is 0 Å². The minimum atomic E-state index is -0.506. The molecule has 1 aromatic heterocycles. The Morgan fingerprint density at radius 2 is 2.21 bits per heavy atom. The van der Waals surface area contributed by atoms with Gasteiger partial charge in [0, 0.05) is 35.7 Å². The van der Waals surface area contributed by atoms with Gasteiger partial charge in [0.2, 0.25) is 5.91 Å². The molecule has 1 aliphatic rings. The van der Waals surface area contributed by atoms with Crippen molar-refractivity contribution in [1.29, 1.82) is 0 Å². The number of aromatic nitrogens is 2. The van der Waals surface area contributed by atoms with E-state index in [2.05, 4.69) is 10.3 Å². The summed E-state index contributed by atoms with van der Waals surface area (Å²) >= 11 is 5.90. The van der Waals surface area contributed by atoms with E-state index in [-0.39, 0.29) is 35.0 Å². The molecule has 24 heavy (non-hydrogen) atoms. The summed E-state index contributed by atoms with van der Waals surface area (Å²) in [5.41, 5.74) is 0.886. The number of hydrogen-bond donors (Lipinski definition) is 1. The van der Waals surface area contributed by atoms with E-state index in [0.717, 1.165) is 18.5 Å². The van der Waals surface area contributed by atoms with Crippen molar-refractivity contribution in [2.45, 2.75) is 31.7 Å². The Morgan fingerprint density at radius 3 is 2.88 bits per heavy atom. The second-order valence-corrected chi connectivity index (χ2v) is 6.25. The molecule has 0 radical (unpaired) electrons. The maximum atomic E-state index is 13.6. The van der Waals surface area contributed by atoms with Gasteiger partial charge in [-0.2, -0.15) is 0 Å². The topological polar surface area (TPSA) is 64.0 Å². The number of benzene rings is 1. The molecule has 5 nitrogen and oxygen atoms in total. The molecule has 0 aliphatic heterocycles. The number of rotatable bonds is 6. The first-order valence-electron chi connectivity index (χ1n) is 7.80. The van der Waals surface area contributed by atoms with Crippen LogP contribution in [0.25, 0.3) is 0 Å². The molecule has 1 aliphatic carbocycles. The van der Waals surface area contributed by atoms with E-state index in [1.54, 1.807) is 12.1 Å². The maximum Gasteiger partial charge on any atom is 0.253 e. The molecule has 0 bridgehead atoms. The van der Waals surface area contributed by atoms with Crippen LogP contribution in [-0.4, -0.2) is 22.0 Å². The molecule has 1 aromatic carbocycles. The zero-order valence-corrected chi connectivity index (χ0v) is 13.7. The van der Waals surface area contributed by atoms with Gasteiger partial charge in [0.25, 0.3) is 5.56 Å². The van der Waals surface area contributed by atoms with Crippen LogP contribution in [0.5, 0.6) is 0 Å². The van der Waals surface area contributed by atoms with E-state index in [4.69, 9.17) is 11.6 Å². The number of nitrogens with one attached hydrogen (secondary N) is 1. The number of carbonyl (C=O) groups is 1. The Balaban J connectivity index is 1.53. The molecular formula is C17H17ClFN3O2. The fourth-order valence-corrected chi connectivity index (χ4v) is 2.68. The fourth-order valence-electron chi connectivity index (χ4n) is 2.45. The molecule has 1 saturated carbocycles. The summed E-state index contributed by atoms with van der Waals surface area (Å²) in [5.74, 6) is -0.427. The van der Waals surface area contributed by atoms with Crippen LogP contribution in [0, 0.1) is 5.82 Å². The predicted molar refractivity (Wildman–Crippen MR) is 88.6 cm³/mol. The molecule has 0 unspecified atom stereocenters. The second-order valence-electron chi connectivity index (χ2n) is 5.85. The van der Waals surface area contributed by atoms with Crippen molar-refractivity contribution in [3.05, 3.63) is 63.0 Å². The predicted octanol–water partition coefficient (Wildman–Crippen LogP) is 2.27. The minimum Gasteiger partial charge on any atom is -0.354 e. The summed E-state index contributed by atoms with van der Waals surface area (Å²) in [6.45, 7) is 0.572. The summed E-state index contributed by atoms with van der Waals surface area (Å²) in [7, 11) is 0. The van der Waals surface area contributed by atoms with Crippen molar-refractivity contribution in [3.63, 3.8) is 0 Å². The third-order valence-corrected chi connectivity index (χ3v) is 4.32. The van der Waals surface area contributed by atoms with E-state index in [0.29, 0.717) is 12.5 Å². The zero-order valence-electron chi connectivity index (χ0n) is 13.0. The smallest absolute Gasteiger partial charge is 0.253 e. The Kier molecular flexibility index (Phi) is 4.94. The quantitative estimate of drug-likeness (QED) is 0.870. The third kappa shape index (κ3) is 4.00. The highest BCUT2D eigenvalue weighted by Crippen LogP contribution is 2.38. The molecule has 0 saturated heterocycles. The highest BCUT2D eigenvalue weighted by atomic mass is 35.5. The molecule has 3 rings (SSSR count). The summed E-state index contributed by atoms with van der Waals surface area (Å²) in [6.07, 6.45) is 3.55. The van der Waals surface area contributed by atoms with Crippen LogP contribution < -0.4 is 10.9 Å². The van der Waals surface area contributed by atoms with Crippen LogP contribution in [0.1, 0.15) is 30.0 Å². The first kappa shape index (κ1) is 16.6. The number of nitrogens with zero attached hydrogens (tertiary/aromatic N) is 2. The van der Waals surface area contributed by atoms with Gasteiger partial charge in [-0.25, -0.2) is 9.37 Å². The largest absolute Gasteiger partial charge is 0.354 e. The van der Waals surface area contributed by atoms with Crippen LogP contribution >= 0.6 is 11.6 Å². The molecule has 126 valence electrons. The van der Waals surface area contributed by atoms with Crippen LogP contribution in [0.3, 0.4) is 0 Å². The van der Waals surface area contributed by atoms with E-state index in [9.17, 15) is 14.0 Å². The normalized spacial score (nSPS) is 13.8. The summed E-state index contributed by atoms with van der Waals surface area (Å²) in [5, 5.41) is 2.88. The van der Waals surface area contributed by atoms with Gasteiger partial charge in [0.05, 0.1) is 18.4 Å². The Morgan fingerprint density at radius 1 is 1.42 bits per heavy atom. The van der Waals surface area contributed by atoms with Gasteiger partial charge in [-0.15, -0.1) is 0 Å². The average molecular weight is 350 g/mol. The molecule has 1 N–H and O–H groups in total. The van der Waals surface area contributed by atoms with Gasteiger partial charge in [0.15, 0.2) is 0 Å². The Labute approximate surface area is 143 Å². The third-order valence-electron chi connectivity index (χ3n) is 3.97. The van der Waals surface area contributed by atoms with Gasteiger partial charge in [-0.05, 0) is 25.0 Å². The van der Waals surface area contributed by atoms with E-state index >= 15 is 0 Å². The maximum absolute atomic E-state index is 13.6. The highest BCUT2D eigenvalue weighted by molar-refractivity contribution is 6.31. The fraction of sp³-hybridized carbons (Fsp3) is 0.353. The number of carbonyl (C=O) groups excluding carboxylic acids is 1. The Hall–Kier alpha value is -2.21. The van der Waals surface area contributed by atoms with Gasteiger partial charge >= 0.3 is 0 Å². The molecular weight excluding hydrogens is 333 g/mol. The van der Waals surface area contributed by atoms with Crippen LogP contribution in [-0.2, 0) is 17.8 Å². The lowest BCUT2D eigenvalue weighted by atomic mass is 10.1. The minimum absolute atomic E-state index is 0.127. The van der Waals surface area contributed by atoms with Gasteiger partial charge < -0.3 is 5.32 Å². The van der Waals surface area contributed by atoms with Gasteiger partial charge in [-0.3, -0.25) is 14.2 Å². The van der Waals surface area contributed by atoms with Crippen molar-refractivity contribution in [2.24, 2.45) is 0 Å². The molecule has 0 atom stereocenters. The number of halogens is 2. The summed E-state index contributed by atoms with van der Waals surface area (Å²) in [4.78, 5) is 28.1. The SMILES string of the molecule is O=C(Cc1c(F)cccc1Cl)NCCn1cnc(C2CC2)cc1=O. The molecule has 2 aromatic rings. The molecule has 1 fully saturated rings. The van der Waals surface area contributed by atoms with E-state index in [1.807, 2.05) is 0 Å².